The summed E-state index contributed by atoms with van der Waals surface area (Å²) in [6.45, 7) is 3.84. The SMILES string of the molecule is COCOc1cc2c(c(OCc3ccccc3)c1)C(=O)C=C(c1ccc(OCCOCCOCCOCCOc3ccc(-c4cc(=O)c5c(OCc6ccccc6)cc(OCOC)cc5o4)cc3)cc1)C2. The second kappa shape index (κ2) is 25.9. The van der Waals surface area contributed by atoms with Crippen LogP contribution in [0.25, 0.3) is 27.9 Å². The zero-order valence-electron chi connectivity index (χ0n) is 39.8. The second-order valence-electron chi connectivity index (χ2n) is 16.2. The fourth-order valence-electron chi connectivity index (χ4n) is 7.69. The Morgan fingerprint density at radius 2 is 0.986 bits per heavy atom. The molecule has 7 aromatic rings. The van der Waals surface area contributed by atoms with Gasteiger partial charge in [0.15, 0.2) is 24.8 Å². The van der Waals surface area contributed by atoms with E-state index in [9.17, 15) is 9.59 Å². The van der Waals surface area contributed by atoms with Gasteiger partial charge in [-0.05, 0) is 82.8 Å². The van der Waals surface area contributed by atoms with Gasteiger partial charge in [0.2, 0.25) is 0 Å². The Balaban J connectivity index is 0.702. The Morgan fingerprint density at radius 3 is 1.55 bits per heavy atom. The molecule has 1 heterocycles. The molecule has 0 fully saturated rings. The van der Waals surface area contributed by atoms with Crippen molar-refractivity contribution in [3.63, 3.8) is 0 Å². The number of hydrogen-bond donors (Lipinski definition) is 0. The summed E-state index contributed by atoms with van der Waals surface area (Å²) in [4.78, 5) is 26.9. The first-order chi connectivity index (χ1) is 34.9. The zero-order chi connectivity index (χ0) is 49.0. The Hall–Kier alpha value is -7.46. The normalized spacial score (nSPS) is 12.0. The van der Waals surface area contributed by atoms with Gasteiger partial charge >= 0.3 is 0 Å². The molecule has 0 aliphatic heterocycles. The summed E-state index contributed by atoms with van der Waals surface area (Å²) in [5.41, 5.74) is 5.92. The molecule has 0 spiro atoms. The molecular formula is C57H56O14. The van der Waals surface area contributed by atoms with Crippen molar-refractivity contribution in [3.05, 3.63) is 184 Å². The van der Waals surface area contributed by atoms with Gasteiger partial charge in [-0.15, -0.1) is 0 Å². The van der Waals surface area contributed by atoms with Gasteiger partial charge in [0.1, 0.15) is 77.7 Å². The molecule has 368 valence electrons. The van der Waals surface area contributed by atoms with E-state index in [1.165, 1.54) is 13.2 Å². The van der Waals surface area contributed by atoms with Crippen LogP contribution >= 0.6 is 0 Å². The van der Waals surface area contributed by atoms with E-state index in [1.807, 2.05) is 115 Å². The molecule has 0 N–H and O–H groups in total. The second-order valence-corrected chi connectivity index (χ2v) is 16.2. The van der Waals surface area contributed by atoms with Gasteiger partial charge in [0, 0.05) is 44.0 Å². The first-order valence-electron chi connectivity index (χ1n) is 23.2. The molecule has 0 saturated heterocycles. The van der Waals surface area contributed by atoms with E-state index in [0.29, 0.717) is 128 Å². The number of rotatable bonds is 28. The van der Waals surface area contributed by atoms with Gasteiger partial charge in [-0.3, -0.25) is 9.59 Å². The average Bonchev–Trinajstić information content (AvgIpc) is 3.40. The lowest BCUT2D eigenvalue weighted by molar-refractivity contribution is 0.00499. The topological polar surface area (TPSA) is 149 Å². The van der Waals surface area contributed by atoms with Crippen LogP contribution in [0.4, 0.5) is 0 Å². The first-order valence-corrected chi connectivity index (χ1v) is 23.2. The van der Waals surface area contributed by atoms with Crippen LogP contribution in [-0.2, 0) is 43.3 Å². The van der Waals surface area contributed by atoms with E-state index in [2.05, 4.69) is 0 Å². The summed E-state index contributed by atoms with van der Waals surface area (Å²) in [5.74, 6) is 3.47. The highest BCUT2D eigenvalue weighted by Gasteiger charge is 2.25. The van der Waals surface area contributed by atoms with Gasteiger partial charge in [-0.1, -0.05) is 72.8 Å². The lowest BCUT2D eigenvalue weighted by atomic mass is 9.86. The molecule has 0 bridgehead atoms. The minimum atomic E-state index is -0.241. The van der Waals surface area contributed by atoms with E-state index in [1.54, 1.807) is 31.4 Å². The minimum Gasteiger partial charge on any atom is -0.491 e. The molecule has 6 aromatic carbocycles. The van der Waals surface area contributed by atoms with Crippen molar-refractivity contribution in [1.29, 1.82) is 0 Å². The molecule has 71 heavy (non-hydrogen) atoms. The van der Waals surface area contributed by atoms with Crippen molar-refractivity contribution in [2.75, 3.05) is 80.7 Å². The number of ketones is 1. The van der Waals surface area contributed by atoms with Gasteiger partial charge in [0.05, 0.1) is 45.2 Å². The van der Waals surface area contributed by atoms with Crippen molar-refractivity contribution >= 4 is 22.3 Å². The Kier molecular flexibility index (Phi) is 18.3. The first kappa shape index (κ1) is 49.9. The molecule has 1 aliphatic rings. The molecule has 0 unspecified atom stereocenters. The van der Waals surface area contributed by atoms with Crippen molar-refractivity contribution in [2.24, 2.45) is 0 Å². The summed E-state index contributed by atoms with van der Waals surface area (Å²) in [7, 11) is 3.09. The lowest BCUT2D eigenvalue weighted by Gasteiger charge is -2.21. The fraction of sp³-hybridized carbons (Fsp3) is 0.263. The van der Waals surface area contributed by atoms with Crippen molar-refractivity contribution in [3.8, 4) is 45.8 Å². The Labute approximate surface area is 412 Å². The van der Waals surface area contributed by atoms with Gasteiger partial charge in [-0.2, -0.15) is 0 Å². The summed E-state index contributed by atoms with van der Waals surface area (Å²) in [6.07, 6.45) is 2.21. The van der Waals surface area contributed by atoms with E-state index in [4.69, 9.17) is 56.5 Å². The minimum absolute atomic E-state index is 0.0230. The van der Waals surface area contributed by atoms with Crippen LogP contribution in [0.15, 0.2) is 155 Å². The van der Waals surface area contributed by atoms with E-state index in [0.717, 1.165) is 27.8 Å². The van der Waals surface area contributed by atoms with E-state index < -0.39 is 0 Å². The molecular weight excluding hydrogens is 909 g/mol. The number of hydrogen-bond acceptors (Lipinski definition) is 14. The predicted octanol–water partition coefficient (Wildman–Crippen LogP) is 9.91. The summed E-state index contributed by atoms with van der Waals surface area (Å²) in [5, 5.41) is 0.322. The summed E-state index contributed by atoms with van der Waals surface area (Å²) >= 11 is 0. The molecule has 8 rings (SSSR count). The summed E-state index contributed by atoms with van der Waals surface area (Å²) in [6, 6.07) is 42.8. The highest BCUT2D eigenvalue weighted by molar-refractivity contribution is 6.13. The molecule has 1 aliphatic carbocycles. The van der Waals surface area contributed by atoms with Gasteiger partial charge in [-0.25, -0.2) is 0 Å². The third-order valence-corrected chi connectivity index (χ3v) is 11.1. The number of carbonyl (C=O) groups excluding carboxylic acids is 1. The summed E-state index contributed by atoms with van der Waals surface area (Å²) < 4.78 is 68.9. The third-order valence-electron chi connectivity index (χ3n) is 11.1. The number of benzene rings is 6. The van der Waals surface area contributed by atoms with Gasteiger partial charge in [0.25, 0.3) is 0 Å². The van der Waals surface area contributed by atoms with Crippen LogP contribution in [-0.4, -0.2) is 86.4 Å². The number of methoxy groups -OCH3 is 2. The van der Waals surface area contributed by atoms with Crippen LogP contribution in [0.5, 0.6) is 34.5 Å². The third kappa shape index (κ3) is 14.3. The number of fused-ring (bicyclic) bond motifs is 2. The predicted molar refractivity (Wildman–Crippen MR) is 267 cm³/mol. The van der Waals surface area contributed by atoms with Crippen molar-refractivity contribution < 1.29 is 61.3 Å². The molecule has 14 nitrogen and oxygen atoms in total. The fourth-order valence-corrected chi connectivity index (χ4v) is 7.69. The number of allylic oxidation sites excluding steroid dienone is 2. The van der Waals surface area contributed by atoms with Crippen LogP contribution in [0.3, 0.4) is 0 Å². The molecule has 1 aromatic heterocycles. The van der Waals surface area contributed by atoms with Crippen LogP contribution < -0.4 is 33.8 Å². The highest BCUT2D eigenvalue weighted by Crippen LogP contribution is 2.38. The molecule has 0 saturated carbocycles. The van der Waals surface area contributed by atoms with Crippen LogP contribution in [0.2, 0.25) is 0 Å². The largest absolute Gasteiger partial charge is 0.491 e. The van der Waals surface area contributed by atoms with Gasteiger partial charge < -0.3 is 56.5 Å². The molecule has 0 atom stereocenters. The zero-order valence-corrected chi connectivity index (χ0v) is 39.8. The average molecular weight is 965 g/mol. The molecule has 0 radical (unpaired) electrons. The maximum Gasteiger partial charge on any atom is 0.197 e. The van der Waals surface area contributed by atoms with Crippen LogP contribution in [0.1, 0.15) is 32.6 Å². The number of ether oxygens (including phenoxy) is 11. The standard InChI is InChI=1S/C57H56O14/c1-60-38-69-48-30-45-29-44(31-50(58)56(45)53(32-48)67-36-40-9-5-3-6-10-40)42-13-17-46(18-14-42)65-27-25-63-23-21-62-22-24-64-26-28-66-47-19-15-43(16-20-47)52-35-51(59)57-54(68-37-41-11-7-4-8-12-41)33-49(70-39-61-2)34-55(57)71-52/h3-20,30-35H,21-29,36-39H2,1-2H3. The molecule has 0 amide bonds. The maximum absolute atomic E-state index is 13.5. The van der Waals surface area contributed by atoms with Crippen LogP contribution in [0, 0.1) is 0 Å². The Morgan fingerprint density at radius 1 is 0.479 bits per heavy atom. The lowest BCUT2D eigenvalue weighted by Crippen LogP contribution is -2.14. The quantitative estimate of drug-likeness (QED) is 0.0339. The number of carbonyl (C=O) groups is 1. The smallest absolute Gasteiger partial charge is 0.197 e. The monoisotopic (exact) mass is 964 g/mol. The molecule has 14 heteroatoms. The van der Waals surface area contributed by atoms with Crippen molar-refractivity contribution in [2.45, 2.75) is 19.6 Å². The highest BCUT2D eigenvalue weighted by atomic mass is 16.7. The Bertz CT molecular complexity index is 2880. The van der Waals surface area contributed by atoms with Crippen molar-refractivity contribution in [1.82, 2.24) is 0 Å². The maximum atomic E-state index is 13.5. The van der Waals surface area contributed by atoms with E-state index >= 15 is 0 Å². The van der Waals surface area contributed by atoms with E-state index in [-0.39, 0.29) is 31.4 Å².